The average Bonchev–Trinajstić information content (AvgIpc) is 3.15. The fourth-order valence-electron chi connectivity index (χ4n) is 2.84. The Morgan fingerprint density at radius 3 is 2.61 bits per heavy atom. The molecule has 2 fully saturated rings. The summed E-state index contributed by atoms with van der Waals surface area (Å²) in [5, 5.41) is 3.66. The number of rotatable bonds is 5. The van der Waals surface area contributed by atoms with Crippen molar-refractivity contribution < 1.29 is 8.42 Å². The molecule has 0 spiro atoms. The molecule has 4 nitrogen and oxygen atoms in total. The van der Waals surface area contributed by atoms with Crippen molar-refractivity contribution in [3.8, 4) is 0 Å². The average molecular weight is 274 g/mol. The Kier molecular flexibility index (Phi) is 4.04. The molecule has 18 heavy (non-hydrogen) atoms. The Morgan fingerprint density at radius 2 is 2.06 bits per heavy atom. The van der Waals surface area contributed by atoms with Crippen LogP contribution in [0.15, 0.2) is 0 Å². The molecule has 5 heteroatoms. The van der Waals surface area contributed by atoms with Crippen LogP contribution < -0.4 is 5.32 Å². The first kappa shape index (κ1) is 14.3. The topological polar surface area (TPSA) is 49.4 Å². The van der Waals surface area contributed by atoms with Crippen molar-refractivity contribution in [3.05, 3.63) is 0 Å². The molecule has 2 unspecified atom stereocenters. The highest BCUT2D eigenvalue weighted by Gasteiger charge is 2.45. The smallest absolute Gasteiger partial charge is 0.151 e. The maximum absolute atomic E-state index is 11.6. The third-order valence-electron chi connectivity index (χ3n) is 4.56. The quantitative estimate of drug-likeness (QED) is 0.809. The van der Waals surface area contributed by atoms with E-state index in [2.05, 4.69) is 24.1 Å². The Labute approximate surface area is 111 Å². The molecule has 0 bridgehead atoms. The van der Waals surface area contributed by atoms with Crippen LogP contribution in [-0.2, 0) is 9.84 Å². The minimum atomic E-state index is -2.85. The second kappa shape index (κ2) is 5.10. The van der Waals surface area contributed by atoms with Crippen molar-refractivity contribution in [1.29, 1.82) is 0 Å². The Bertz CT molecular complexity index is 392. The maximum Gasteiger partial charge on any atom is 0.151 e. The monoisotopic (exact) mass is 274 g/mol. The number of nitrogens with one attached hydrogen (secondary N) is 1. The Morgan fingerprint density at radius 1 is 1.39 bits per heavy atom. The van der Waals surface area contributed by atoms with Gasteiger partial charge in [-0.1, -0.05) is 6.92 Å². The standard InChI is InChI=1S/C13H26N2O2S/c1-4-18(16,17)8-7-15-10-13(3,12-5-6-12)14-9-11(15)2/h11-12,14H,4-10H2,1-3H3. The molecule has 2 atom stereocenters. The summed E-state index contributed by atoms with van der Waals surface area (Å²) in [5.74, 6) is 1.34. The van der Waals surface area contributed by atoms with Gasteiger partial charge in [-0.05, 0) is 32.6 Å². The molecule has 0 aromatic carbocycles. The molecule has 2 aliphatic rings. The molecular weight excluding hydrogens is 248 g/mol. The summed E-state index contributed by atoms with van der Waals surface area (Å²) in [4.78, 5) is 2.35. The normalized spacial score (nSPS) is 34.7. The van der Waals surface area contributed by atoms with Crippen LogP contribution in [0.5, 0.6) is 0 Å². The van der Waals surface area contributed by atoms with Gasteiger partial charge in [-0.25, -0.2) is 8.42 Å². The van der Waals surface area contributed by atoms with Gasteiger partial charge in [0.15, 0.2) is 9.84 Å². The fraction of sp³-hybridized carbons (Fsp3) is 1.00. The lowest BCUT2D eigenvalue weighted by molar-refractivity contribution is 0.0890. The van der Waals surface area contributed by atoms with Crippen molar-refractivity contribution in [3.63, 3.8) is 0 Å². The molecule has 2 rings (SSSR count). The van der Waals surface area contributed by atoms with E-state index in [0.29, 0.717) is 18.3 Å². The van der Waals surface area contributed by atoms with Gasteiger partial charge in [-0.2, -0.15) is 0 Å². The molecule has 106 valence electrons. The van der Waals surface area contributed by atoms with Crippen molar-refractivity contribution in [1.82, 2.24) is 10.2 Å². The largest absolute Gasteiger partial charge is 0.308 e. The molecule has 0 amide bonds. The summed E-state index contributed by atoms with van der Waals surface area (Å²) in [7, 11) is -2.85. The summed E-state index contributed by atoms with van der Waals surface area (Å²) < 4.78 is 23.2. The maximum atomic E-state index is 11.6. The van der Waals surface area contributed by atoms with Crippen LogP contribution in [0.2, 0.25) is 0 Å². The van der Waals surface area contributed by atoms with E-state index in [-0.39, 0.29) is 11.3 Å². The van der Waals surface area contributed by atoms with Gasteiger partial charge in [-0.15, -0.1) is 0 Å². The molecule has 1 aliphatic heterocycles. The van der Waals surface area contributed by atoms with Crippen LogP contribution in [0, 0.1) is 5.92 Å². The predicted molar refractivity (Wildman–Crippen MR) is 74.5 cm³/mol. The van der Waals surface area contributed by atoms with Crippen molar-refractivity contribution >= 4 is 9.84 Å². The van der Waals surface area contributed by atoms with E-state index in [1.165, 1.54) is 12.8 Å². The first-order valence-corrected chi connectivity index (χ1v) is 8.88. The van der Waals surface area contributed by atoms with Gasteiger partial charge in [0.2, 0.25) is 0 Å². The van der Waals surface area contributed by atoms with E-state index in [0.717, 1.165) is 19.0 Å². The van der Waals surface area contributed by atoms with Crippen LogP contribution >= 0.6 is 0 Å². The molecule has 1 saturated heterocycles. The minimum Gasteiger partial charge on any atom is -0.308 e. The Hall–Kier alpha value is -0.130. The van der Waals surface area contributed by atoms with E-state index in [4.69, 9.17) is 0 Å². The molecular formula is C13H26N2O2S. The number of nitrogens with zero attached hydrogens (tertiary/aromatic N) is 1. The zero-order valence-electron chi connectivity index (χ0n) is 11.8. The van der Waals surface area contributed by atoms with E-state index in [1.54, 1.807) is 6.92 Å². The summed E-state index contributed by atoms with van der Waals surface area (Å²) in [6.07, 6.45) is 2.64. The summed E-state index contributed by atoms with van der Waals surface area (Å²) >= 11 is 0. The van der Waals surface area contributed by atoms with Crippen LogP contribution in [0.4, 0.5) is 0 Å². The second-order valence-electron chi connectivity index (χ2n) is 6.13. The molecule has 1 saturated carbocycles. The lowest BCUT2D eigenvalue weighted by Crippen LogP contribution is -2.63. The van der Waals surface area contributed by atoms with E-state index in [9.17, 15) is 8.42 Å². The minimum absolute atomic E-state index is 0.197. The molecule has 1 aliphatic carbocycles. The Balaban J connectivity index is 1.93. The van der Waals surface area contributed by atoms with Crippen molar-refractivity contribution in [2.24, 2.45) is 5.92 Å². The van der Waals surface area contributed by atoms with Gasteiger partial charge in [0, 0.05) is 37.0 Å². The van der Waals surface area contributed by atoms with Crippen LogP contribution in [0.3, 0.4) is 0 Å². The summed E-state index contributed by atoms with van der Waals surface area (Å²) in [5.41, 5.74) is 0.197. The van der Waals surface area contributed by atoms with Crippen molar-refractivity contribution in [2.45, 2.75) is 45.2 Å². The van der Waals surface area contributed by atoms with E-state index >= 15 is 0 Å². The summed E-state index contributed by atoms with van der Waals surface area (Å²) in [6.45, 7) is 8.83. The number of sulfone groups is 1. The number of hydrogen-bond donors (Lipinski definition) is 1. The second-order valence-corrected chi connectivity index (χ2v) is 8.60. The third kappa shape index (κ3) is 3.25. The lowest BCUT2D eigenvalue weighted by atomic mass is 9.91. The zero-order valence-corrected chi connectivity index (χ0v) is 12.6. The molecule has 0 aromatic heterocycles. The highest BCUT2D eigenvalue weighted by atomic mass is 32.2. The fourth-order valence-corrected chi connectivity index (χ4v) is 3.64. The molecule has 1 N–H and O–H groups in total. The highest BCUT2D eigenvalue weighted by Crippen LogP contribution is 2.41. The first-order chi connectivity index (χ1) is 8.36. The first-order valence-electron chi connectivity index (χ1n) is 7.06. The SMILES string of the molecule is CCS(=O)(=O)CCN1CC(C)(C2CC2)NCC1C. The van der Waals surface area contributed by atoms with Gasteiger partial charge >= 0.3 is 0 Å². The molecule has 0 radical (unpaired) electrons. The predicted octanol–water partition coefficient (Wildman–Crippen LogP) is 0.884. The van der Waals surface area contributed by atoms with Crippen LogP contribution in [0.1, 0.15) is 33.6 Å². The van der Waals surface area contributed by atoms with Gasteiger partial charge in [-0.3, -0.25) is 4.90 Å². The van der Waals surface area contributed by atoms with E-state index < -0.39 is 9.84 Å². The molecule has 0 aromatic rings. The van der Waals surface area contributed by atoms with Gasteiger partial charge in [0.05, 0.1) is 5.75 Å². The number of hydrogen-bond acceptors (Lipinski definition) is 4. The van der Waals surface area contributed by atoms with Gasteiger partial charge in [0.25, 0.3) is 0 Å². The van der Waals surface area contributed by atoms with Gasteiger partial charge in [0.1, 0.15) is 0 Å². The lowest BCUT2D eigenvalue weighted by Gasteiger charge is -2.45. The van der Waals surface area contributed by atoms with Crippen LogP contribution in [-0.4, -0.2) is 56.0 Å². The van der Waals surface area contributed by atoms with Crippen molar-refractivity contribution in [2.75, 3.05) is 31.1 Å². The highest BCUT2D eigenvalue weighted by molar-refractivity contribution is 7.91. The summed E-state index contributed by atoms with van der Waals surface area (Å²) in [6, 6.07) is 0.434. The molecule has 1 heterocycles. The van der Waals surface area contributed by atoms with Crippen LogP contribution in [0.25, 0.3) is 0 Å². The zero-order chi connectivity index (χ0) is 13.4. The third-order valence-corrected chi connectivity index (χ3v) is 6.25. The number of piperazine rings is 1. The van der Waals surface area contributed by atoms with Gasteiger partial charge < -0.3 is 5.32 Å². The van der Waals surface area contributed by atoms with E-state index in [1.807, 2.05) is 0 Å².